The van der Waals surface area contributed by atoms with Crippen molar-refractivity contribution in [2.75, 3.05) is 23.3 Å². The summed E-state index contributed by atoms with van der Waals surface area (Å²) in [6.07, 6.45) is 0.819. The number of rotatable bonds is 5. The van der Waals surface area contributed by atoms with Crippen LogP contribution in [-0.2, 0) is 11.3 Å². The predicted octanol–water partition coefficient (Wildman–Crippen LogP) is 4.25. The highest BCUT2D eigenvalue weighted by atomic mass is 19.1. The van der Waals surface area contributed by atoms with Crippen molar-refractivity contribution in [3.63, 3.8) is 0 Å². The van der Waals surface area contributed by atoms with Crippen molar-refractivity contribution in [3.8, 4) is 0 Å². The summed E-state index contributed by atoms with van der Waals surface area (Å²) in [6.45, 7) is 5.32. The van der Waals surface area contributed by atoms with E-state index >= 15 is 0 Å². The normalized spacial score (nSPS) is 14.6. The second-order valence-corrected chi connectivity index (χ2v) is 7.00. The molecule has 0 bridgehead atoms. The quantitative estimate of drug-likeness (QED) is 0.856. The zero-order valence-electron chi connectivity index (χ0n) is 15.6. The molecule has 0 atom stereocenters. The highest BCUT2D eigenvalue weighted by Gasteiger charge is 2.28. The maximum absolute atomic E-state index is 13.1. The third kappa shape index (κ3) is 4.45. The lowest BCUT2D eigenvalue weighted by molar-refractivity contribution is -0.118. The van der Waals surface area contributed by atoms with Crippen molar-refractivity contribution in [3.05, 3.63) is 59.9 Å². The molecule has 1 N–H and O–H groups in total. The summed E-state index contributed by atoms with van der Waals surface area (Å²) in [6, 6.07) is 13.4. The number of benzene rings is 2. The fourth-order valence-electron chi connectivity index (χ4n) is 3.05. The van der Waals surface area contributed by atoms with Crippen LogP contribution in [-0.4, -0.2) is 29.9 Å². The van der Waals surface area contributed by atoms with Crippen LogP contribution in [0.5, 0.6) is 0 Å². The van der Waals surface area contributed by atoms with Crippen molar-refractivity contribution in [1.82, 2.24) is 4.90 Å². The minimum atomic E-state index is -0.292. The van der Waals surface area contributed by atoms with Gasteiger partial charge in [-0.2, -0.15) is 0 Å². The zero-order chi connectivity index (χ0) is 19.4. The van der Waals surface area contributed by atoms with Gasteiger partial charge in [-0.25, -0.2) is 9.18 Å². The van der Waals surface area contributed by atoms with Gasteiger partial charge in [0.25, 0.3) is 0 Å². The van der Waals surface area contributed by atoms with Crippen LogP contribution in [0.2, 0.25) is 0 Å². The van der Waals surface area contributed by atoms with Gasteiger partial charge in [0.05, 0.1) is 11.4 Å². The SMILES string of the molecule is CC(C)C(=O)Nc1ccccc1N1CCCN(Cc2ccc(F)cc2)C1=O. The molecule has 0 saturated carbocycles. The smallest absolute Gasteiger partial charge is 0.324 e. The maximum Gasteiger partial charge on any atom is 0.324 e. The first-order chi connectivity index (χ1) is 13.0. The molecule has 1 aliphatic heterocycles. The Labute approximate surface area is 158 Å². The number of carbonyl (C=O) groups is 2. The Morgan fingerprint density at radius 2 is 1.81 bits per heavy atom. The number of nitrogens with zero attached hydrogens (tertiary/aromatic N) is 2. The van der Waals surface area contributed by atoms with Crippen LogP contribution in [0.1, 0.15) is 25.8 Å². The Hall–Kier alpha value is -2.89. The number of para-hydroxylation sites is 2. The number of anilines is 2. The standard InChI is InChI=1S/C21H24FN3O2/c1-15(2)20(26)23-18-6-3-4-7-19(18)25-13-5-12-24(21(25)27)14-16-8-10-17(22)11-9-16/h3-4,6-11,15H,5,12-14H2,1-2H3,(H,23,26). The van der Waals surface area contributed by atoms with Crippen LogP contribution < -0.4 is 10.2 Å². The van der Waals surface area contributed by atoms with Crippen LogP contribution in [0.15, 0.2) is 48.5 Å². The summed E-state index contributed by atoms with van der Waals surface area (Å²) < 4.78 is 13.1. The van der Waals surface area contributed by atoms with Crippen LogP contribution in [0, 0.1) is 11.7 Å². The van der Waals surface area contributed by atoms with Crippen LogP contribution in [0.3, 0.4) is 0 Å². The fraction of sp³-hybridized carbons (Fsp3) is 0.333. The molecule has 2 aromatic rings. The van der Waals surface area contributed by atoms with Gasteiger partial charge in [-0.05, 0) is 36.2 Å². The maximum atomic E-state index is 13.1. The van der Waals surface area contributed by atoms with E-state index in [1.807, 2.05) is 38.1 Å². The summed E-state index contributed by atoms with van der Waals surface area (Å²) in [4.78, 5) is 28.6. The van der Waals surface area contributed by atoms with Gasteiger partial charge in [0.15, 0.2) is 0 Å². The number of urea groups is 1. The number of nitrogens with one attached hydrogen (secondary N) is 1. The van der Waals surface area contributed by atoms with E-state index in [1.165, 1.54) is 12.1 Å². The fourth-order valence-corrected chi connectivity index (χ4v) is 3.05. The topological polar surface area (TPSA) is 52.7 Å². The van der Waals surface area contributed by atoms with Crippen molar-refractivity contribution in [2.24, 2.45) is 5.92 Å². The summed E-state index contributed by atoms with van der Waals surface area (Å²) in [5, 5.41) is 2.91. The highest BCUT2D eigenvalue weighted by Crippen LogP contribution is 2.29. The molecule has 0 unspecified atom stereocenters. The summed E-state index contributed by atoms with van der Waals surface area (Å²) in [5.74, 6) is -0.527. The van der Waals surface area contributed by atoms with Gasteiger partial charge in [0.2, 0.25) is 5.91 Å². The second-order valence-electron chi connectivity index (χ2n) is 7.00. The largest absolute Gasteiger partial charge is 0.324 e. The lowest BCUT2D eigenvalue weighted by Gasteiger charge is -2.36. The van der Waals surface area contributed by atoms with E-state index in [0.29, 0.717) is 31.0 Å². The van der Waals surface area contributed by atoms with Crippen molar-refractivity contribution < 1.29 is 14.0 Å². The molecule has 0 aromatic heterocycles. The number of halogens is 1. The first-order valence-electron chi connectivity index (χ1n) is 9.16. The Bertz CT molecular complexity index is 820. The first kappa shape index (κ1) is 18.9. The molecule has 1 aliphatic rings. The third-order valence-electron chi connectivity index (χ3n) is 4.57. The van der Waals surface area contributed by atoms with Gasteiger partial charge >= 0.3 is 6.03 Å². The monoisotopic (exact) mass is 369 g/mol. The molecular weight excluding hydrogens is 345 g/mol. The molecule has 5 nitrogen and oxygen atoms in total. The molecule has 0 radical (unpaired) electrons. The number of amides is 3. The molecule has 1 heterocycles. The Morgan fingerprint density at radius 3 is 2.52 bits per heavy atom. The third-order valence-corrected chi connectivity index (χ3v) is 4.57. The van der Waals surface area contributed by atoms with E-state index in [9.17, 15) is 14.0 Å². The second kappa shape index (κ2) is 8.20. The lowest BCUT2D eigenvalue weighted by Crippen LogP contribution is -2.49. The highest BCUT2D eigenvalue weighted by molar-refractivity contribution is 6.01. The Morgan fingerprint density at radius 1 is 1.11 bits per heavy atom. The first-order valence-corrected chi connectivity index (χ1v) is 9.16. The molecule has 0 spiro atoms. The van der Waals surface area contributed by atoms with Gasteiger partial charge in [-0.1, -0.05) is 38.1 Å². The minimum absolute atomic E-state index is 0.0879. The molecular formula is C21H24FN3O2. The average Bonchev–Trinajstić information content (AvgIpc) is 2.66. The van der Waals surface area contributed by atoms with E-state index in [4.69, 9.17) is 0 Å². The lowest BCUT2D eigenvalue weighted by atomic mass is 10.1. The Kier molecular flexibility index (Phi) is 5.74. The molecule has 3 amide bonds. The van der Waals surface area contributed by atoms with Crippen molar-refractivity contribution in [2.45, 2.75) is 26.8 Å². The van der Waals surface area contributed by atoms with Crippen LogP contribution >= 0.6 is 0 Å². The molecule has 3 rings (SSSR count). The molecule has 0 aliphatic carbocycles. The molecule has 27 heavy (non-hydrogen) atoms. The number of hydrogen-bond acceptors (Lipinski definition) is 2. The molecule has 142 valence electrons. The van der Waals surface area contributed by atoms with E-state index in [0.717, 1.165) is 12.0 Å². The molecule has 2 aromatic carbocycles. The zero-order valence-corrected chi connectivity index (χ0v) is 15.6. The number of carbonyl (C=O) groups excluding carboxylic acids is 2. The van der Waals surface area contributed by atoms with E-state index in [1.54, 1.807) is 21.9 Å². The number of hydrogen-bond donors (Lipinski definition) is 1. The molecule has 6 heteroatoms. The van der Waals surface area contributed by atoms with Gasteiger partial charge < -0.3 is 10.2 Å². The molecule has 1 fully saturated rings. The predicted molar refractivity (Wildman–Crippen MR) is 104 cm³/mol. The van der Waals surface area contributed by atoms with Crippen LogP contribution in [0.4, 0.5) is 20.6 Å². The van der Waals surface area contributed by atoms with Crippen molar-refractivity contribution >= 4 is 23.3 Å². The van der Waals surface area contributed by atoms with Gasteiger partial charge in [0, 0.05) is 25.6 Å². The van der Waals surface area contributed by atoms with E-state index < -0.39 is 0 Å². The Balaban J connectivity index is 1.79. The van der Waals surface area contributed by atoms with Crippen molar-refractivity contribution in [1.29, 1.82) is 0 Å². The van der Waals surface area contributed by atoms with Gasteiger partial charge in [-0.15, -0.1) is 0 Å². The average molecular weight is 369 g/mol. The summed E-state index contributed by atoms with van der Waals surface area (Å²) in [7, 11) is 0. The molecule has 1 saturated heterocycles. The summed E-state index contributed by atoms with van der Waals surface area (Å²) in [5.41, 5.74) is 2.21. The van der Waals surface area contributed by atoms with E-state index in [2.05, 4.69) is 5.32 Å². The van der Waals surface area contributed by atoms with Gasteiger partial charge in [-0.3, -0.25) is 9.69 Å². The minimum Gasteiger partial charge on any atom is -0.324 e. The summed E-state index contributed by atoms with van der Waals surface area (Å²) >= 11 is 0. The van der Waals surface area contributed by atoms with Crippen LogP contribution in [0.25, 0.3) is 0 Å². The van der Waals surface area contributed by atoms with Gasteiger partial charge in [0.1, 0.15) is 5.82 Å². The van der Waals surface area contributed by atoms with E-state index in [-0.39, 0.29) is 23.7 Å².